The summed E-state index contributed by atoms with van der Waals surface area (Å²) >= 11 is 6.03. The fourth-order valence-corrected chi connectivity index (χ4v) is 4.60. The van der Waals surface area contributed by atoms with Crippen molar-refractivity contribution in [1.82, 2.24) is 5.32 Å². The van der Waals surface area contributed by atoms with Gasteiger partial charge in [-0.2, -0.15) is 0 Å². The molecule has 0 saturated carbocycles. The molecule has 10 heteroatoms. The highest BCUT2D eigenvalue weighted by atomic mass is 35.5. The molecule has 0 saturated heterocycles. The van der Waals surface area contributed by atoms with E-state index in [0.717, 1.165) is 6.08 Å². The lowest BCUT2D eigenvalue weighted by molar-refractivity contribution is -0.136. The standard InChI is InChI=1S/C30H17ClN2O7/c31-25-26(29(39)18-10-4-3-9-17(18)28(25)38)33-30(40)24(36)14-22(34)19-11-5-6-12-20(19)32-21-13-23(35)27(37)16-8-2-1-7-15(16)21/h1-13,32H,14H2,(H,33,40). The minimum atomic E-state index is -1.29. The van der Waals surface area contributed by atoms with Crippen LogP contribution in [0, 0.1) is 0 Å². The molecular weight excluding hydrogens is 536 g/mol. The summed E-state index contributed by atoms with van der Waals surface area (Å²) in [4.78, 5) is 88.1. The highest BCUT2D eigenvalue weighted by Crippen LogP contribution is 2.29. The summed E-state index contributed by atoms with van der Waals surface area (Å²) in [5, 5.41) is 4.53. The summed E-state index contributed by atoms with van der Waals surface area (Å²) in [7, 11) is 0. The molecule has 0 unspecified atom stereocenters. The molecule has 3 aromatic rings. The monoisotopic (exact) mass is 552 g/mol. The first kappa shape index (κ1) is 26.3. The summed E-state index contributed by atoms with van der Waals surface area (Å²) < 4.78 is 0. The van der Waals surface area contributed by atoms with Crippen molar-refractivity contribution in [2.45, 2.75) is 6.42 Å². The number of anilines is 1. The van der Waals surface area contributed by atoms with Gasteiger partial charge in [0.25, 0.3) is 5.91 Å². The fraction of sp³-hybridized carbons (Fsp3) is 0.0333. The van der Waals surface area contributed by atoms with Gasteiger partial charge in [0.1, 0.15) is 10.7 Å². The zero-order chi connectivity index (χ0) is 28.6. The van der Waals surface area contributed by atoms with E-state index in [0.29, 0.717) is 5.56 Å². The van der Waals surface area contributed by atoms with Gasteiger partial charge < -0.3 is 10.6 Å². The van der Waals surface area contributed by atoms with E-state index in [-0.39, 0.29) is 33.6 Å². The maximum atomic E-state index is 13.1. The van der Waals surface area contributed by atoms with Gasteiger partial charge >= 0.3 is 0 Å². The van der Waals surface area contributed by atoms with Gasteiger partial charge in [-0.15, -0.1) is 0 Å². The van der Waals surface area contributed by atoms with Crippen molar-refractivity contribution in [3.63, 3.8) is 0 Å². The van der Waals surface area contributed by atoms with Crippen LogP contribution in [-0.4, -0.2) is 40.6 Å². The van der Waals surface area contributed by atoms with Crippen LogP contribution >= 0.6 is 11.6 Å². The number of carbonyl (C=O) groups is 7. The first-order valence-corrected chi connectivity index (χ1v) is 12.3. The lowest BCUT2D eigenvalue weighted by Crippen LogP contribution is -2.37. The molecule has 2 aliphatic rings. The number of rotatable bonds is 7. The van der Waals surface area contributed by atoms with E-state index >= 15 is 0 Å². The topological polar surface area (TPSA) is 144 Å². The number of nitrogens with one attached hydrogen (secondary N) is 2. The second kappa shape index (κ2) is 10.5. The molecule has 0 spiro atoms. The minimum Gasteiger partial charge on any atom is -0.354 e. The van der Waals surface area contributed by atoms with E-state index in [1.807, 2.05) is 0 Å². The van der Waals surface area contributed by atoms with Gasteiger partial charge in [-0.1, -0.05) is 72.3 Å². The molecule has 0 fully saturated rings. The van der Waals surface area contributed by atoms with Crippen LogP contribution < -0.4 is 10.6 Å². The Hall–Kier alpha value is -5.28. The summed E-state index contributed by atoms with van der Waals surface area (Å²) in [5.74, 6) is -6.00. The average Bonchev–Trinajstić information content (AvgIpc) is 2.97. The van der Waals surface area contributed by atoms with Crippen LogP contribution in [0.2, 0.25) is 0 Å². The average molecular weight is 553 g/mol. The Morgan fingerprint density at radius 1 is 0.675 bits per heavy atom. The van der Waals surface area contributed by atoms with Crippen molar-refractivity contribution in [2.75, 3.05) is 5.32 Å². The Labute approximate surface area is 231 Å². The normalized spacial score (nSPS) is 14.3. The van der Waals surface area contributed by atoms with E-state index < -0.39 is 57.8 Å². The number of fused-ring (bicyclic) bond motifs is 2. The molecule has 0 aromatic heterocycles. The van der Waals surface area contributed by atoms with Gasteiger partial charge in [-0.3, -0.25) is 33.6 Å². The summed E-state index contributed by atoms with van der Waals surface area (Å²) in [6.07, 6.45) is 0.268. The molecule has 0 bridgehead atoms. The lowest BCUT2D eigenvalue weighted by Gasteiger charge is -2.19. The quantitative estimate of drug-likeness (QED) is 0.256. The molecule has 3 aromatic carbocycles. The molecular formula is C30H17ClN2O7. The highest BCUT2D eigenvalue weighted by molar-refractivity contribution is 6.51. The molecule has 0 atom stereocenters. The molecule has 0 heterocycles. The number of halogens is 1. The molecule has 2 aliphatic carbocycles. The van der Waals surface area contributed by atoms with Crippen LogP contribution in [0.3, 0.4) is 0 Å². The third kappa shape index (κ3) is 4.70. The van der Waals surface area contributed by atoms with Gasteiger partial charge in [-0.25, -0.2) is 0 Å². The summed E-state index contributed by atoms with van der Waals surface area (Å²) in [6, 6.07) is 18.5. The largest absolute Gasteiger partial charge is 0.354 e. The van der Waals surface area contributed by atoms with Crippen LogP contribution in [0.15, 0.2) is 89.6 Å². The fourth-order valence-electron chi connectivity index (χ4n) is 4.37. The molecule has 2 N–H and O–H groups in total. The second-order valence-electron chi connectivity index (χ2n) is 8.84. The van der Waals surface area contributed by atoms with E-state index in [1.54, 1.807) is 36.4 Å². The number of allylic oxidation sites excluding steroid dienone is 3. The Morgan fingerprint density at radius 3 is 1.90 bits per heavy atom. The third-order valence-corrected chi connectivity index (χ3v) is 6.69. The Bertz CT molecular complexity index is 1770. The number of benzene rings is 3. The van der Waals surface area contributed by atoms with Gasteiger partial charge in [0.15, 0.2) is 5.78 Å². The molecule has 9 nitrogen and oxygen atoms in total. The van der Waals surface area contributed by atoms with E-state index in [1.165, 1.54) is 36.4 Å². The van der Waals surface area contributed by atoms with Crippen LogP contribution in [-0.2, 0) is 14.4 Å². The minimum absolute atomic E-state index is 0.0227. The smallest absolute Gasteiger partial charge is 0.292 e. The van der Waals surface area contributed by atoms with E-state index in [2.05, 4.69) is 10.6 Å². The van der Waals surface area contributed by atoms with Crippen molar-refractivity contribution in [3.05, 3.63) is 117 Å². The number of ketones is 6. The van der Waals surface area contributed by atoms with E-state index in [4.69, 9.17) is 11.6 Å². The number of hydrogen-bond donors (Lipinski definition) is 2. The van der Waals surface area contributed by atoms with Crippen molar-refractivity contribution < 1.29 is 33.6 Å². The number of Topliss-reactive ketones (excluding diaryl/α,β-unsaturated/α-hetero) is 5. The number of para-hydroxylation sites is 1. The molecule has 196 valence electrons. The third-order valence-electron chi connectivity index (χ3n) is 6.33. The predicted molar refractivity (Wildman–Crippen MR) is 144 cm³/mol. The number of carbonyl (C=O) groups excluding carboxylic acids is 7. The summed E-state index contributed by atoms with van der Waals surface area (Å²) in [5.41, 5.74) is 0.785. The molecule has 1 amide bonds. The van der Waals surface area contributed by atoms with Gasteiger partial charge in [0.2, 0.25) is 28.9 Å². The number of amides is 1. The molecule has 5 rings (SSSR count). The molecule has 0 radical (unpaired) electrons. The van der Waals surface area contributed by atoms with E-state index in [9.17, 15) is 33.6 Å². The maximum Gasteiger partial charge on any atom is 0.292 e. The van der Waals surface area contributed by atoms with Crippen molar-refractivity contribution in [2.24, 2.45) is 0 Å². The van der Waals surface area contributed by atoms with Crippen LogP contribution in [0.4, 0.5) is 5.69 Å². The predicted octanol–water partition coefficient (Wildman–Crippen LogP) is 3.69. The zero-order valence-electron chi connectivity index (χ0n) is 20.4. The SMILES string of the molecule is O=C1C=C(Nc2ccccc2C(=O)CC(=O)C(=O)NC2=C(Cl)C(=O)c3ccccc3C2=O)c2ccccc2C1=O. The van der Waals surface area contributed by atoms with Crippen LogP contribution in [0.25, 0.3) is 5.70 Å². The zero-order valence-corrected chi connectivity index (χ0v) is 21.2. The van der Waals surface area contributed by atoms with Gasteiger partial charge in [0, 0.05) is 39.6 Å². The van der Waals surface area contributed by atoms with Gasteiger partial charge in [-0.05, 0) is 12.1 Å². The van der Waals surface area contributed by atoms with Crippen LogP contribution in [0.1, 0.15) is 53.4 Å². The van der Waals surface area contributed by atoms with Crippen molar-refractivity contribution in [1.29, 1.82) is 0 Å². The van der Waals surface area contributed by atoms with Crippen molar-refractivity contribution in [3.8, 4) is 0 Å². The summed E-state index contributed by atoms with van der Waals surface area (Å²) in [6.45, 7) is 0. The highest BCUT2D eigenvalue weighted by Gasteiger charge is 2.33. The first-order valence-electron chi connectivity index (χ1n) is 11.9. The number of hydrogen-bond acceptors (Lipinski definition) is 8. The maximum absolute atomic E-state index is 13.1. The Kier molecular flexibility index (Phi) is 6.89. The Morgan fingerprint density at radius 2 is 1.23 bits per heavy atom. The van der Waals surface area contributed by atoms with Crippen molar-refractivity contribution >= 4 is 63.6 Å². The second-order valence-corrected chi connectivity index (χ2v) is 9.22. The lowest BCUT2D eigenvalue weighted by atomic mass is 9.92. The van der Waals surface area contributed by atoms with Crippen LogP contribution in [0.5, 0.6) is 0 Å². The van der Waals surface area contributed by atoms with Gasteiger partial charge in [0.05, 0.1) is 12.1 Å². The first-order chi connectivity index (χ1) is 19.2. The molecule has 40 heavy (non-hydrogen) atoms. The Balaban J connectivity index is 1.33. The molecule has 0 aliphatic heterocycles.